The molecule has 6 heteroatoms. The van der Waals surface area contributed by atoms with Gasteiger partial charge in [-0.25, -0.2) is 0 Å². The number of hydrogen-bond donors (Lipinski definition) is 2. The molecule has 2 N–H and O–H groups in total. The second-order valence-electron chi connectivity index (χ2n) is 8.76. The molecule has 158 valence electrons. The van der Waals surface area contributed by atoms with E-state index in [2.05, 4.69) is 17.1 Å². The molecule has 0 radical (unpaired) electrons. The van der Waals surface area contributed by atoms with Crippen LogP contribution in [0.15, 0.2) is 23.0 Å². The van der Waals surface area contributed by atoms with Crippen LogP contribution in [0.1, 0.15) is 63.3 Å². The van der Waals surface area contributed by atoms with Gasteiger partial charge in [-0.05, 0) is 44.9 Å². The van der Waals surface area contributed by atoms with Gasteiger partial charge in [-0.1, -0.05) is 31.9 Å². The summed E-state index contributed by atoms with van der Waals surface area (Å²) in [5.41, 5.74) is 1.70. The summed E-state index contributed by atoms with van der Waals surface area (Å²) in [7, 11) is 0. The van der Waals surface area contributed by atoms with Gasteiger partial charge in [0.15, 0.2) is 0 Å². The van der Waals surface area contributed by atoms with Gasteiger partial charge < -0.3 is 15.0 Å². The number of nitrogens with one attached hydrogen (secondary N) is 1. The number of amides is 1. The molecule has 4 rings (SSSR count). The van der Waals surface area contributed by atoms with E-state index in [1.54, 1.807) is 0 Å². The third-order valence-electron chi connectivity index (χ3n) is 7.02. The first-order valence-electron chi connectivity index (χ1n) is 11.1. The van der Waals surface area contributed by atoms with Gasteiger partial charge in [0.2, 0.25) is 5.91 Å². The van der Waals surface area contributed by atoms with Gasteiger partial charge in [0.1, 0.15) is 0 Å². The van der Waals surface area contributed by atoms with Crippen molar-refractivity contribution < 1.29 is 9.90 Å². The van der Waals surface area contributed by atoms with Crippen molar-refractivity contribution in [1.82, 2.24) is 14.8 Å². The molecule has 0 spiro atoms. The van der Waals surface area contributed by atoms with Crippen molar-refractivity contribution in [1.29, 1.82) is 0 Å². The highest BCUT2D eigenvalue weighted by atomic mass is 16.3. The molecule has 0 unspecified atom stereocenters. The molecule has 3 aliphatic rings. The zero-order valence-electron chi connectivity index (χ0n) is 17.5. The molecule has 1 saturated carbocycles. The number of hydrogen-bond acceptors (Lipinski definition) is 4. The lowest BCUT2D eigenvalue weighted by Crippen LogP contribution is -2.50. The van der Waals surface area contributed by atoms with Crippen LogP contribution < -0.4 is 10.9 Å². The zero-order chi connectivity index (χ0) is 20.5. The Kier molecular flexibility index (Phi) is 5.93. The number of fused-ring (bicyclic) bond motifs is 3. The summed E-state index contributed by atoms with van der Waals surface area (Å²) in [6, 6.07) is 3.88. The number of pyridine rings is 1. The van der Waals surface area contributed by atoms with E-state index in [0.29, 0.717) is 12.1 Å². The standard InChI is InChI=1S/C23H33N3O3/c1-3-7-15-10-11-19-20-17(13-26(19)23(15)29)18(14-27)21(25(20)12-4-2)22(28)24-16-8-5-6-9-16/h3,7,10-11,16-18,20-21,27H,4-6,8-9,12-14H2,1-2H3,(H,24,28)/b7-3+/t17-,18-,20+,21-/m0/s1. The molecule has 1 amide bonds. The fourth-order valence-electron chi connectivity index (χ4n) is 5.80. The Hall–Kier alpha value is -1.92. The fraction of sp³-hybridized carbons (Fsp3) is 0.652. The van der Waals surface area contributed by atoms with Crippen LogP contribution in [0.4, 0.5) is 0 Å². The van der Waals surface area contributed by atoms with Crippen molar-refractivity contribution in [2.75, 3.05) is 13.2 Å². The third kappa shape index (κ3) is 3.46. The molecule has 1 saturated heterocycles. The maximum atomic E-state index is 13.3. The number of carbonyl (C=O) groups excluding carboxylic acids is 1. The summed E-state index contributed by atoms with van der Waals surface area (Å²) >= 11 is 0. The highest BCUT2D eigenvalue weighted by molar-refractivity contribution is 5.83. The minimum atomic E-state index is -0.324. The summed E-state index contributed by atoms with van der Waals surface area (Å²) in [6.45, 7) is 5.34. The predicted molar refractivity (Wildman–Crippen MR) is 113 cm³/mol. The lowest BCUT2D eigenvalue weighted by atomic mass is 9.88. The Bertz CT molecular complexity index is 840. The van der Waals surface area contributed by atoms with Gasteiger partial charge in [0.05, 0.1) is 12.1 Å². The zero-order valence-corrected chi connectivity index (χ0v) is 17.5. The van der Waals surface area contributed by atoms with E-state index in [1.807, 2.05) is 35.8 Å². The Morgan fingerprint density at radius 1 is 1.31 bits per heavy atom. The van der Waals surface area contributed by atoms with Gasteiger partial charge in [-0.2, -0.15) is 0 Å². The van der Waals surface area contributed by atoms with Crippen LogP contribution >= 0.6 is 0 Å². The van der Waals surface area contributed by atoms with E-state index >= 15 is 0 Å². The number of carbonyl (C=O) groups is 1. The summed E-state index contributed by atoms with van der Waals surface area (Å²) in [4.78, 5) is 28.5. The van der Waals surface area contributed by atoms with Gasteiger partial charge in [-0.3, -0.25) is 14.5 Å². The number of aliphatic hydroxyl groups is 1. The minimum Gasteiger partial charge on any atom is -0.396 e. The molecule has 2 aliphatic heterocycles. The number of nitrogens with zero attached hydrogens (tertiary/aromatic N) is 2. The number of likely N-dealkylation sites (tertiary alicyclic amines) is 1. The van der Waals surface area contributed by atoms with Gasteiger partial charge in [0, 0.05) is 42.3 Å². The first-order chi connectivity index (χ1) is 14.1. The predicted octanol–water partition coefficient (Wildman–Crippen LogP) is 2.31. The Balaban J connectivity index is 1.68. The maximum absolute atomic E-state index is 13.3. The summed E-state index contributed by atoms with van der Waals surface area (Å²) in [5, 5.41) is 13.5. The molecule has 1 aromatic heterocycles. The second kappa shape index (κ2) is 8.44. The van der Waals surface area contributed by atoms with E-state index in [9.17, 15) is 14.7 Å². The number of aliphatic hydroxyl groups excluding tert-OH is 1. The highest BCUT2D eigenvalue weighted by Crippen LogP contribution is 2.49. The van der Waals surface area contributed by atoms with Gasteiger partial charge in [-0.15, -0.1) is 0 Å². The molecule has 2 fully saturated rings. The van der Waals surface area contributed by atoms with E-state index in [1.165, 1.54) is 12.8 Å². The van der Waals surface area contributed by atoms with Crippen LogP contribution in [0.2, 0.25) is 0 Å². The van der Waals surface area contributed by atoms with Crippen molar-refractivity contribution in [2.45, 2.75) is 70.6 Å². The van der Waals surface area contributed by atoms with E-state index in [-0.39, 0.29) is 48.0 Å². The van der Waals surface area contributed by atoms with E-state index in [0.717, 1.165) is 31.5 Å². The van der Waals surface area contributed by atoms with Crippen molar-refractivity contribution >= 4 is 12.0 Å². The van der Waals surface area contributed by atoms with Gasteiger partial charge >= 0.3 is 0 Å². The number of allylic oxidation sites excluding steroid dienone is 1. The van der Waals surface area contributed by atoms with Gasteiger partial charge in [0.25, 0.3) is 5.56 Å². The molecule has 29 heavy (non-hydrogen) atoms. The topological polar surface area (TPSA) is 74.6 Å². The average molecular weight is 400 g/mol. The van der Waals surface area contributed by atoms with Crippen molar-refractivity contribution in [2.24, 2.45) is 11.8 Å². The molecule has 4 atom stereocenters. The minimum absolute atomic E-state index is 0.0128. The van der Waals surface area contributed by atoms with Crippen LogP contribution in [0.5, 0.6) is 0 Å². The molecule has 0 aromatic carbocycles. The average Bonchev–Trinajstić information content (AvgIpc) is 3.40. The first kappa shape index (κ1) is 20.4. The molecular formula is C23H33N3O3. The molecule has 6 nitrogen and oxygen atoms in total. The third-order valence-corrected chi connectivity index (χ3v) is 7.02. The summed E-state index contributed by atoms with van der Waals surface area (Å²) < 4.78 is 1.86. The normalized spacial score (nSPS) is 29.5. The quantitative estimate of drug-likeness (QED) is 0.770. The number of aromatic nitrogens is 1. The highest BCUT2D eigenvalue weighted by Gasteiger charge is 2.55. The largest absolute Gasteiger partial charge is 0.396 e. The smallest absolute Gasteiger partial charge is 0.258 e. The molecule has 1 aliphatic carbocycles. The Morgan fingerprint density at radius 3 is 2.72 bits per heavy atom. The van der Waals surface area contributed by atoms with Crippen LogP contribution in [0.25, 0.3) is 6.08 Å². The van der Waals surface area contributed by atoms with Crippen LogP contribution in [-0.4, -0.2) is 45.7 Å². The van der Waals surface area contributed by atoms with E-state index < -0.39 is 0 Å². The van der Waals surface area contributed by atoms with Crippen molar-refractivity contribution in [3.05, 3.63) is 39.8 Å². The Labute approximate surface area is 172 Å². The molecule has 1 aromatic rings. The van der Waals surface area contributed by atoms with Crippen molar-refractivity contribution in [3.63, 3.8) is 0 Å². The maximum Gasteiger partial charge on any atom is 0.258 e. The number of rotatable bonds is 6. The first-order valence-corrected chi connectivity index (χ1v) is 11.1. The van der Waals surface area contributed by atoms with Crippen molar-refractivity contribution in [3.8, 4) is 0 Å². The van der Waals surface area contributed by atoms with Crippen LogP contribution in [-0.2, 0) is 11.3 Å². The lowest BCUT2D eigenvalue weighted by Gasteiger charge is -2.31. The molecule has 3 heterocycles. The monoisotopic (exact) mass is 399 g/mol. The fourth-order valence-corrected chi connectivity index (χ4v) is 5.80. The Morgan fingerprint density at radius 2 is 2.07 bits per heavy atom. The van der Waals surface area contributed by atoms with E-state index in [4.69, 9.17) is 0 Å². The SMILES string of the molecule is C/C=C/c1ccc2n(c1=O)C[C@H]1[C@H](CO)[C@@H](C(=O)NC3CCCC3)N(CCC)[C@@H]21. The summed E-state index contributed by atoms with van der Waals surface area (Å²) in [5.74, 6) is -0.0184. The van der Waals surface area contributed by atoms with Crippen LogP contribution in [0.3, 0.4) is 0 Å². The lowest BCUT2D eigenvalue weighted by molar-refractivity contribution is -0.128. The van der Waals surface area contributed by atoms with Crippen LogP contribution in [0, 0.1) is 11.8 Å². The summed E-state index contributed by atoms with van der Waals surface area (Å²) in [6.07, 6.45) is 9.10. The molecule has 0 bridgehead atoms. The molecular weight excluding hydrogens is 366 g/mol. The second-order valence-corrected chi connectivity index (χ2v) is 8.76.